The number of furan rings is 1. The van der Waals surface area contributed by atoms with E-state index >= 15 is 0 Å². The molecule has 120 valence electrons. The predicted octanol–water partition coefficient (Wildman–Crippen LogP) is 3.44. The molecule has 0 bridgehead atoms. The number of ether oxygens (including phenoxy) is 1. The van der Waals surface area contributed by atoms with Gasteiger partial charge in [0.05, 0.1) is 23.8 Å². The highest BCUT2D eigenvalue weighted by atomic mass is 16.5. The highest BCUT2D eigenvalue weighted by molar-refractivity contribution is 6.04. The SMILES string of the molecule is CCOC(=O)C1(c2ccc(NC(=O)c3ccoc3C)cc2)CC1. The third kappa shape index (κ3) is 2.86. The van der Waals surface area contributed by atoms with E-state index in [0.29, 0.717) is 23.6 Å². The summed E-state index contributed by atoms with van der Waals surface area (Å²) in [6, 6.07) is 9.01. The first-order valence-corrected chi connectivity index (χ1v) is 7.70. The standard InChI is InChI=1S/C18H19NO4/c1-3-22-17(21)18(9-10-18)13-4-6-14(7-5-13)19-16(20)15-8-11-23-12(15)2/h4-8,11H,3,9-10H2,1-2H3,(H,19,20). The summed E-state index contributed by atoms with van der Waals surface area (Å²) in [7, 11) is 0. The van der Waals surface area contributed by atoms with Crippen LogP contribution in [0.1, 0.15) is 41.4 Å². The normalized spacial score (nSPS) is 15.0. The number of aryl methyl sites for hydroxylation is 1. The van der Waals surface area contributed by atoms with E-state index in [-0.39, 0.29) is 11.9 Å². The van der Waals surface area contributed by atoms with Gasteiger partial charge in [0.2, 0.25) is 0 Å². The average Bonchev–Trinajstić information content (AvgIpc) is 3.24. The van der Waals surface area contributed by atoms with Crippen molar-refractivity contribution in [2.75, 3.05) is 11.9 Å². The fourth-order valence-electron chi connectivity index (χ4n) is 2.70. The summed E-state index contributed by atoms with van der Waals surface area (Å²) in [5.74, 6) is 0.208. The number of nitrogens with one attached hydrogen (secondary N) is 1. The summed E-state index contributed by atoms with van der Waals surface area (Å²) in [4.78, 5) is 24.2. The van der Waals surface area contributed by atoms with E-state index in [0.717, 1.165) is 18.4 Å². The van der Waals surface area contributed by atoms with Gasteiger partial charge in [-0.3, -0.25) is 9.59 Å². The summed E-state index contributed by atoms with van der Waals surface area (Å²) in [5, 5.41) is 2.82. The second-order valence-corrected chi connectivity index (χ2v) is 5.72. The average molecular weight is 313 g/mol. The Labute approximate surface area is 134 Å². The molecule has 0 aliphatic heterocycles. The molecule has 1 aliphatic carbocycles. The van der Waals surface area contributed by atoms with Crippen molar-refractivity contribution in [1.82, 2.24) is 0 Å². The molecular formula is C18H19NO4. The molecule has 5 heteroatoms. The lowest BCUT2D eigenvalue weighted by Crippen LogP contribution is -2.23. The minimum atomic E-state index is -0.486. The van der Waals surface area contributed by atoms with Crippen LogP contribution in [0.3, 0.4) is 0 Å². The van der Waals surface area contributed by atoms with Crippen LogP contribution >= 0.6 is 0 Å². The molecule has 1 fully saturated rings. The van der Waals surface area contributed by atoms with Gasteiger partial charge in [0, 0.05) is 5.69 Å². The fraction of sp³-hybridized carbons (Fsp3) is 0.333. The third-order valence-corrected chi connectivity index (χ3v) is 4.21. The number of rotatable bonds is 5. The highest BCUT2D eigenvalue weighted by Crippen LogP contribution is 2.49. The molecule has 0 radical (unpaired) electrons. The number of carbonyl (C=O) groups excluding carboxylic acids is 2. The van der Waals surface area contributed by atoms with Crippen molar-refractivity contribution >= 4 is 17.6 Å². The van der Waals surface area contributed by atoms with Crippen molar-refractivity contribution < 1.29 is 18.7 Å². The Balaban J connectivity index is 1.72. The van der Waals surface area contributed by atoms with Crippen molar-refractivity contribution in [2.45, 2.75) is 32.1 Å². The number of esters is 1. The van der Waals surface area contributed by atoms with Gasteiger partial charge in [0.15, 0.2) is 0 Å². The molecule has 1 aromatic carbocycles. The van der Waals surface area contributed by atoms with Gasteiger partial charge >= 0.3 is 5.97 Å². The minimum absolute atomic E-state index is 0.161. The van der Waals surface area contributed by atoms with Crippen LogP contribution in [0.4, 0.5) is 5.69 Å². The summed E-state index contributed by atoms with van der Waals surface area (Å²) in [6.45, 7) is 3.94. The number of hydrogen-bond donors (Lipinski definition) is 1. The number of benzene rings is 1. The van der Waals surface area contributed by atoms with E-state index in [2.05, 4.69) is 5.32 Å². The monoisotopic (exact) mass is 313 g/mol. The van der Waals surface area contributed by atoms with Gasteiger partial charge in [-0.2, -0.15) is 0 Å². The van der Waals surface area contributed by atoms with E-state index in [1.165, 1.54) is 6.26 Å². The Morgan fingerprint density at radius 2 is 1.91 bits per heavy atom. The van der Waals surface area contributed by atoms with Crippen LogP contribution in [0.2, 0.25) is 0 Å². The van der Waals surface area contributed by atoms with Gasteiger partial charge in [-0.1, -0.05) is 12.1 Å². The lowest BCUT2D eigenvalue weighted by atomic mass is 9.96. The number of carbonyl (C=O) groups is 2. The molecule has 3 rings (SSSR count). The predicted molar refractivity (Wildman–Crippen MR) is 85.4 cm³/mol. The summed E-state index contributed by atoms with van der Waals surface area (Å²) >= 11 is 0. The lowest BCUT2D eigenvalue weighted by molar-refractivity contribution is -0.146. The fourth-order valence-corrected chi connectivity index (χ4v) is 2.70. The van der Waals surface area contributed by atoms with E-state index in [4.69, 9.17) is 9.15 Å². The van der Waals surface area contributed by atoms with Gasteiger partial charge in [-0.15, -0.1) is 0 Å². The molecule has 2 aromatic rings. The van der Waals surface area contributed by atoms with Crippen molar-refractivity contribution in [3.8, 4) is 0 Å². The molecule has 1 aliphatic rings. The number of anilines is 1. The molecule has 1 heterocycles. The van der Waals surface area contributed by atoms with Crippen LogP contribution in [0, 0.1) is 6.92 Å². The second kappa shape index (κ2) is 5.91. The van der Waals surface area contributed by atoms with Gasteiger partial charge in [-0.25, -0.2) is 0 Å². The Morgan fingerprint density at radius 3 is 2.43 bits per heavy atom. The van der Waals surface area contributed by atoms with Crippen LogP contribution in [0.15, 0.2) is 41.0 Å². The molecule has 1 N–H and O–H groups in total. The van der Waals surface area contributed by atoms with E-state index in [1.807, 2.05) is 31.2 Å². The lowest BCUT2D eigenvalue weighted by Gasteiger charge is -2.14. The van der Waals surface area contributed by atoms with Gasteiger partial charge in [0.25, 0.3) is 5.91 Å². The zero-order chi connectivity index (χ0) is 16.4. The molecular weight excluding hydrogens is 294 g/mol. The zero-order valence-electron chi connectivity index (χ0n) is 13.2. The minimum Gasteiger partial charge on any atom is -0.469 e. The Bertz CT molecular complexity index is 726. The maximum Gasteiger partial charge on any atom is 0.316 e. The van der Waals surface area contributed by atoms with Crippen LogP contribution in [0.5, 0.6) is 0 Å². The topological polar surface area (TPSA) is 68.5 Å². The molecule has 23 heavy (non-hydrogen) atoms. The van der Waals surface area contributed by atoms with Crippen LogP contribution < -0.4 is 5.32 Å². The summed E-state index contributed by atoms with van der Waals surface area (Å²) < 4.78 is 10.3. The quantitative estimate of drug-likeness (QED) is 0.859. The molecule has 1 saturated carbocycles. The molecule has 0 spiro atoms. The van der Waals surface area contributed by atoms with Crippen molar-refractivity contribution in [2.24, 2.45) is 0 Å². The van der Waals surface area contributed by atoms with Gasteiger partial charge in [-0.05, 0) is 50.5 Å². The molecule has 0 saturated heterocycles. The smallest absolute Gasteiger partial charge is 0.316 e. The van der Waals surface area contributed by atoms with E-state index in [9.17, 15) is 9.59 Å². The van der Waals surface area contributed by atoms with Crippen LogP contribution in [-0.2, 0) is 14.9 Å². The highest BCUT2D eigenvalue weighted by Gasteiger charge is 2.52. The molecule has 1 amide bonds. The van der Waals surface area contributed by atoms with Crippen molar-refractivity contribution in [3.05, 3.63) is 53.5 Å². The molecule has 5 nitrogen and oxygen atoms in total. The molecule has 0 unspecified atom stereocenters. The zero-order valence-corrected chi connectivity index (χ0v) is 13.2. The number of amides is 1. The van der Waals surface area contributed by atoms with E-state index in [1.54, 1.807) is 13.0 Å². The van der Waals surface area contributed by atoms with Gasteiger partial charge in [0.1, 0.15) is 5.76 Å². The van der Waals surface area contributed by atoms with Gasteiger partial charge < -0.3 is 14.5 Å². The number of hydrogen-bond acceptors (Lipinski definition) is 4. The maximum absolute atomic E-state index is 12.1. The van der Waals surface area contributed by atoms with Crippen molar-refractivity contribution in [1.29, 1.82) is 0 Å². The van der Waals surface area contributed by atoms with Crippen molar-refractivity contribution in [3.63, 3.8) is 0 Å². The first kappa shape index (κ1) is 15.3. The summed E-state index contributed by atoms with van der Waals surface area (Å²) in [5.41, 5.74) is 1.64. The largest absolute Gasteiger partial charge is 0.469 e. The molecule has 0 atom stereocenters. The van der Waals surface area contributed by atoms with Crippen LogP contribution in [-0.4, -0.2) is 18.5 Å². The molecule has 1 aromatic heterocycles. The first-order valence-electron chi connectivity index (χ1n) is 7.70. The Hall–Kier alpha value is -2.56. The summed E-state index contributed by atoms with van der Waals surface area (Å²) in [6.07, 6.45) is 3.11. The Kier molecular flexibility index (Phi) is 3.94. The van der Waals surface area contributed by atoms with E-state index < -0.39 is 5.41 Å². The Morgan fingerprint density at radius 1 is 1.22 bits per heavy atom. The second-order valence-electron chi connectivity index (χ2n) is 5.72. The first-order chi connectivity index (χ1) is 11.1. The van der Waals surface area contributed by atoms with Crippen LogP contribution in [0.25, 0.3) is 0 Å². The third-order valence-electron chi connectivity index (χ3n) is 4.21. The maximum atomic E-state index is 12.1.